The maximum Gasteiger partial charge on any atom is 0.407 e. The normalized spacial score (nSPS) is 15.2. The van der Waals surface area contributed by atoms with E-state index in [2.05, 4.69) is 5.32 Å². The van der Waals surface area contributed by atoms with Crippen LogP contribution >= 0.6 is 12.2 Å². The first-order valence-corrected chi connectivity index (χ1v) is 4.93. The van der Waals surface area contributed by atoms with Gasteiger partial charge in [-0.25, -0.2) is 4.79 Å². The van der Waals surface area contributed by atoms with E-state index in [4.69, 9.17) is 17.3 Å². The maximum absolute atomic E-state index is 10.9. The Balaban J connectivity index is 2.35. The molecular formula is C10H10N2O2S. The number of benzene rings is 1. The molecule has 1 aliphatic rings. The van der Waals surface area contributed by atoms with Crippen molar-refractivity contribution < 1.29 is 9.90 Å². The van der Waals surface area contributed by atoms with E-state index in [0.717, 1.165) is 11.3 Å². The van der Waals surface area contributed by atoms with Crippen LogP contribution in [-0.4, -0.2) is 27.6 Å². The second-order valence-corrected chi connectivity index (χ2v) is 3.84. The molecule has 4 nitrogen and oxygen atoms in total. The van der Waals surface area contributed by atoms with Crippen LogP contribution in [0, 0.1) is 0 Å². The van der Waals surface area contributed by atoms with Gasteiger partial charge >= 0.3 is 6.09 Å². The zero-order valence-electron chi connectivity index (χ0n) is 7.93. The van der Waals surface area contributed by atoms with E-state index in [1.54, 1.807) is 0 Å². The van der Waals surface area contributed by atoms with Crippen LogP contribution in [0.3, 0.4) is 0 Å². The van der Waals surface area contributed by atoms with Crippen molar-refractivity contribution in [3.05, 3.63) is 29.8 Å². The number of nitrogens with zero attached hydrogens (tertiary/aromatic N) is 1. The Labute approximate surface area is 92.5 Å². The van der Waals surface area contributed by atoms with E-state index in [0.29, 0.717) is 11.5 Å². The van der Waals surface area contributed by atoms with E-state index in [9.17, 15) is 4.79 Å². The summed E-state index contributed by atoms with van der Waals surface area (Å²) < 4.78 is 0. The lowest BCUT2D eigenvalue weighted by Crippen LogP contribution is -2.33. The number of rotatable bonds is 0. The second-order valence-electron chi connectivity index (χ2n) is 3.34. The molecule has 1 amide bonds. The summed E-state index contributed by atoms with van der Waals surface area (Å²) in [5.41, 5.74) is 1.84. The molecule has 5 heteroatoms. The van der Waals surface area contributed by atoms with E-state index < -0.39 is 6.09 Å². The Hall–Kier alpha value is -1.62. The summed E-state index contributed by atoms with van der Waals surface area (Å²) >= 11 is 5.05. The third kappa shape index (κ3) is 2.07. The van der Waals surface area contributed by atoms with Gasteiger partial charge in [-0.3, -0.25) is 4.90 Å². The summed E-state index contributed by atoms with van der Waals surface area (Å²) in [6.07, 6.45) is -0.948. The number of thiocarbonyl (C=S) groups is 1. The Morgan fingerprint density at radius 2 is 2.13 bits per heavy atom. The molecule has 2 rings (SSSR count). The van der Waals surface area contributed by atoms with Crippen LogP contribution in [0.5, 0.6) is 0 Å². The molecule has 0 radical (unpaired) electrons. The van der Waals surface area contributed by atoms with E-state index in [1.807, 2.05) is 24.3 Å². The molecule has 0 aromatic heterocycles. The van der Waals surface area contributed by atoms with Crippen LogP contribution in [0.15, 0.2) is 24.3 Å². The summed E-state index contributed by atoms with van der Waals surface area (Å²) in [5.74, 6) is 0. The van der Waals surface area contributed by atoms with Gasteiger partial charge in [-0.05, 0) is 11.6 Å². The molecule has 15 heavy (non-hydrogen) atoms. The fraction of sp³-hybridized carbons (Fsp3) is 0.200. The number of carbonyl (C=O) groups is 1. The summed E-state index contributed by atoms with van der Waals surface area (Å²) in [6.45, 7) is 0.623. The molecule has 0 fully saturated rings. The number of amides is 1. The molecule has 0 bridgehead atoms. The third-order valence-electron chi connectivity index (χ3n) is 2.26. The van der Waals surface area contributed by atoms with Gasteiger partial charge in [0.15, 0.2) is 0 Å². The highest BCUT2D eigenvalue weighted by Gasteiger charge is 2.19. The van der Waals surface area contributed by atoms with Gasteiger partial charge in [0, 0.05) is 5.69 Å². The zero-order valence-corrected chi connectivity index (χ0v) is 8.75. The monoisotopic (exact) mass is 222 g/mol. The Bertz CT molecular complexity index is 420. The highest BCUT2D eigenvalue weighted by atomic mass is 32.1. The SMILES string of the molecule is O=C(O)N1CC(=S)Nc2ccccc2C1. The highest BCUT2D eigenvalue weighted by Crippen LogP contribution is 2.20. The first-order valence-electron chi connectivity index (χ1n) is 4.52. The lowest BCUT2D eigenvalue weighted by atomic mass is 10.2. The molecule has 1 aliphatic heterocycles. The van der Waals surface area contributed by atoms with Crippen LogP contribution in [0.1, 0.15) is 5.56 Å². The molecular weight excluding hydrogens is 212 g/mol. The van der Waals surface area contributed by atoms with Gasteiger partial charge in [0.1, 0.15) is 0 Å². The molecule has 0 atom stereocenters. The number of para-hydroxylation sites is 1. The first-order chi connectivity index (χ1) is 7.16. The molecule has 0 saturated carbocycles. The van der Waals surface area contributed by atoms with Gasteiger partial charge in [0.25, 0.3) is 0 Å². The molecule has 2 N–H and O–H groups in total. The molecule has 1 heterocycles. The fourth-order valence-corrected chi connectivity index (χ4v) is 1.81. The van der Waals surface area contributed by atoms with Gasteiger partial charge in [-0.2, -0.15) is 0 Å². The van der Waals surface area contributed by atoms with Crippen molar-refractivity contribution in [2.45, 2.75) is 6.54 Å². The smallest absolute Gasteiger partial charge is 0.407 e. The minimum absolute atomic E-state index is 0.249. The molecule has 0 unspecified atom stereocenters. The van der Waals surface area contributed by atoms with E-state index in [-0.39, 0.29) is 6.54 Å². The quantitative estimate of drug-likeness (QED) is 0.658. The largest absolute Gasteiger partial charge is 0.465 e. The first kappa shape index (κ1) is 9.92. The van der Waals surface area contributed by atoms with Crippen LogP contribution in [0.25, 0.3) is 0 Å². The minimum atomic E-state index is -0.948. The minimum Gasteiger partial charge on any atom is -0.465 e. The van der Waals surface area contributed by atoms with Crippen LogP contribution in [0.4, 0.5) is 10.5 Å². The topological polar surface area (TPSA) is 52.6 Å². The molecule has 0 saturated heterocycles. The van der Waals surface area contributed by atoms with Crippen LogP contribution < -0.4 is 5.32 Å². The average Bonchev–Trinajstić information content (AvgIpc) is 2.35. The van der Waals surface area contributed by atoms with Gasteiger partial charge in [0.2, 0.25) is 0 Å². The number of hydrogen-bond acceptors (Lipinski definition) is 2. The van der Waals surface area contributed by atoms with Gasteiger partial charge in [-0.15, -0.1) is 0 Å². The van der Waals surface area contributed by atoms with Gasteiger partial charge in [-0.1, -0.05) is 30.4 Å². The van der Waals surface area contributed by atoms with E-state index in [1.165, 1.54) is 4.90 Å². The number of nitrogens with one attached hydrogen (secondary N) is 1. The lowest BCUT2D eigenvalue weighted by Gasteiger charge is -2.15. The van der Waals surface area contributed by atoms with Crippen molar-refractivity contribution in [1.82, 2.24) is 4.90 Å². The number of fused-ring (bicyclic) bond motifs is 1. The van der Waals surface area contributed by atoms with Crippen molar-refractivity contribution in [3.63, 3.8) is 0 Å². The fourth-order valence-electron chi connectivity index (χ4n) is 1.54. The molecule has 78 valence electrons. The predicted molar refractivity (Wildman–Crippen MR) is 61.1 cm³/mol. The lowest BCUT2D eigenvalue weighted by molar-refractivity contribution is 0.150. The van der Waals surface area contributed by atoms with Crippen molar-refractivity contribution >= 4 is 29.0 Å². The average molecular weight is 222 g/mol. The Morgan fingerprint density at radius 1 is 1.40 bits per heavy atom. The maximum atomic E-state index is 10.9. The summed E-state index contributed by atoms with van der Waals surface area (Å²) in [7, 11) is 0. The summed E-state index contributed by atoms with van der Waals surface area (Å²) in [5, 5.41) is 12.0. The van der Waals surface area contributed by atoms with Crippen LogP contribution in [-0.2, 0) is 6.54 Å². The van der Waals surface area contributed by atoms with Gasteiger partial charge < -0.3 is 10.4 Å². The van der Waals surface area contributed by atoms with Crippen molar-refractivity contribution in [2.75, 3.05) is 11.9 Å². The predicted octanol–water partition coefficient (Wildman–Crippen LogP) is 1.92. The standard InChI is InChI=1S/C10H10N2O2S/c13-10(14)12-5-7-3-1-2-4-8(7)11-9(15)6-12/h1-4H,5-6H2,(H,11,15)(H,13,14). The second kappa shape index (κ2) is 3.86. The van der Waals surface area contributed by atoms with Gasteiger partial charge in [0.05, 0.1) is 18.1 Å². The number of hydrogen-bond donors (Lipinski definition) is 2. The highest BCUT2D eigenvalue weighted by molar-refractivity contribution is 7.80. The molecule has 0 aliphatic carbocycles. The van der Waals surface area contributed by atoms with Crippen molar-refractivity contribution in [1.29, 1.82) is 0 Å². The molecule has 0 spiro atoms. The Morgan fingerprint density at radius 3 is 2.87 bits per heavy atom. The molecule has 1 aromatic carbocycles. The summed E-state index contributed by atoms with van der Waals surface area (Å²) in [4.78, 5) is 12.7. The van der Waals surface area contributed by atoms with Crippen LogP contribution in [0.2, 0.25) is 0 Å². The number of carboxylic acid groups (broad SMARTS) is 1. The van der Waals surface area contributed by atoms with Crippen molar-refractivity contribution in [3.8, 4) is 0 Å². The summed E-state index contributed by atoms with van der Waals surface area (Å²) in [6, 6.07) is 7.57. The Kier molecular flexibility index (Phi) is 2.55. The zero-order chi connectivity index (χ0) is 10.8. The van der Waals surface area contributed by atoms with Crippen molar-refractivity contribution in [2.24, 2.45) is 0 Å². The number of anilines is 1. The van der Waals surface area contributed by atoms with E-state index >= 15 is 0 Å². The molecule has 1 aromatic rings. The third-order valence-corrected chi connectivity index (χ3v) is 2.49.